The Balaban J connectivity index is 0.00000280. The van der Waals surface area contributed by atoms with Crippen molar-refractivity contribution in [3.05, 3.63) is 60.2 Å². The molecule has 0 unspecified atom stereocenters. The standard InChI is InChI=1S/C21H28N4O2.HI/c1-22-21(24-12-6-13-26-16-18-8-5-14-27-18)23-11-4-7-17-15-25-20-10-3-2-9-19(17)20;/h2-3,5,8-10,14-15,25H,4,6-7,11-13,16H2,1H3,(H2,22,23,24);1H. The molecular weight excluding hydrogens is 467 g/mol. The minimum Gasteiger partial charge on any atom is -0.467 e. The van der Waals surface area contributed by atoms with Crippen LogP contribution in [0.5, 0.6) is 0 Å². The molecule has 0 fully saturated rings. The van der Waals surface area contributed by atoms with Gasteiger partial charge in [-0.1, -0.05) is 18.2 Å². The molecule has 3 N–H and O–H groups in total. The van der Waals surface area contributed by atoms with Crippen molar-refractivity contribution < 1.29 is 9.15 Å². The van der Waals surface area contributed by atoms with Crippen molar-refractivity contribution in [1.82, 2.24) is 15.6 Å². The molecule has 6 nitrogen and oxygen atoms in total. The van der Waals surface area contributed by atoms with Gasteiger partial charge in [0.1, 0.15) is 12.4 Å². The molecule has 7 heteroatoms. The lowest BCUT2D eigenvalue weighted by atomic mass is 10.1. The van der Waals surface area contributed by atoms with E-state index in [-0.39, 0.29) is 24.0 Å². The van der Waals surface area contributed by atoms with Crippen LogP contribution in [-0.4, -0.2) is 37.7 Å². The summed E-state index contributed by atoms with van der Waals surface area (Å²) in [6.45, 7) is 2.91. The molecule has 3 aromatic rings. The van der Waals surface area contributed by atoms with E-state index in [4.69, 9.17) is 9.15 Å². The third-order valence-corrected chi connectivity index (χ3v) is 4.40. The van der Waals surface area contributed by atoms with E-state index in [0.717, 1.165) is 44.1 Å². The maximum Gasteiger partial charge on any atom is 0.190 e. The fraction of sp³-hybridized carbons (Fsp3) is 0.381. The number of benzene rings is 1. The lowest BCUT2D eigenvalue weighted by Crippen LogP contribution is -2.38. The number of nitrogens with zero attached hydrogens (tertiary/aromatic N) is 1. The number of halogens is 1. The molecule has 0 saturated heterocycles. The zero-order valence-electron chi connectivity index (χ0n) is 16.2. The normalized spacial score (nSPS) is 11.4. The highest BCUT2D eigenvalue weighted by Crippen LogP contribution is 2.18. The van der Waals surface area contributed by atoms with Crippen molar-refractivity contribution in [2.75, 3.05) is 26.7 Å². The first-order valence-corrected chi connectivity index (χ1v) is 9.46. The molecule has 0 atom stereocenters. The zero-order valence-corrected chi connectivity index (χ0v) is 18.6. The first kappa shape index (κ1) is 22.3. The van der Waals surface area contributed by atoms with Gasteiger partial charge in [-0.2, -0.15) is 0 Å². The van der Waals surface area contributed by atoms with Gasteiger partial charge in [0.2, 0.25) is 0 Å². The SMILES string of the molecule is CN=C(NCCCOCc1ccco1)NCCCc1c[nH]c2ccccc12.I. The highest BCUT2D eigenvalue weighted by molar-refractivity contribution is 14.0. The number of ether oxygens (including phenoxy) is 1. The van der Waals surface area contributed by atoms with Crippen LogP contribution < -0.4 is 10.6 Å². The average molecular weight is 496 g/mol. The summed E-state index contributed by atoms with van der Waals surface area (Å²) in [5.41, 5.74) is 2.57. The maximum atomic E-state index is 5.57. The van der Waals surface area contributed by atoms with Gasteiger partial charge in [0, 0.05) is 43.8 Å². The highest BCUT2D eigenvalue weighted by atomic mass is 127. The smallest absolute Gasteiger partial charge is 0.190 e. The van der Waals surface area contributed by atoms with Gasteiger partial charge in [-0.3, -0.25) is 4.99 Å². The number of guanidine groups is 1. The number of nitrogens with one attached hydrogen (secondary N) is 3. The van der Waals surface area contributed by atoms with Gasteiger partial charge in [-0.15, -0.1) is 24.0 Å². The molecule has 0 amide bonds. The summed E-state index contributed by atoms with van der Waals surface area (Å²) < 4.78 is 10.8. The van der Waals surface area contributed by atoms with Crippen molar-refractivity contribution in [1.29, 1.82) is 0 Å². The minimum absolute atomic E-state index is 0. The molecule has 0 aliphatic carbocycles. The van der Waals surface area contributed by atoms with Crippen molar-refractivity contribution >= 4 is 40.8 Å². The quantitative estimate of drug-likeness (QED) is 0.171. The van der Waals surface area contributed by atoms with E-state index in [0.29, 0.717) is 13.2 Å². The Bertz CT molecular complexity index is 830. The second-order valence-electron chi connectivity index (χ2n) is 6.37. The Morgan fingerprint density at radius 3 is 2.71 bits per heavy atom. The minimum atomic E-state index is 0. The molecule has 1 aromatic carbocycles. The average Bonchev–Trinajstić information content (AvgIpc) is 3.36. The molecule has 3 rings (SSSR count). The Morgan fingerprint density at radius 2 is 1.93 bits per heavy atom. The van der Waals surface area contributed by atoms with Crippen LogP contribution in [-0.2, 0) is 17.8 Å². The molecule has 0 spiro atoms. The van der Waals surface area contributed by atoms with Crippen LogP contribution >= 0.6 is 24.0 Å². The number of H-pyrrole nitrogens is 1. The number of hydrogen-bond acceptors (Lipinski definition) is 3. The Hall–Kier alpha value is -2.00. The Kier molecular flexibility index (Phi) is 9.92. The fourth-order valence-corrected chi connectivity index (χ4v) is 2.99. The summed E-state index contributed by atoms with van der Waals surface area (Å²) in [5.74, 6) is 1.69. The van der Waals surface area contributed by atoms with E-state index in [1.807, 2.05) is 12.1 Å². The maximum absolute atomic E-state index is 5.57. The number of furan rings is 1. The number of aromatic nitrogens is 1. The number of aryl methyl sites for hydroxylation is 1. The summed E-state index contributed by atoms with van der Waals surface area (Å²) in [7, 11) is 1.79. The van der Waals surface area contributed by atoms with Crippen molar-refractivity contribution in [2.45, 2.75) is 25.9 Å². The van der Waals surface area contributed by atoms with E-state index in [1.165, 1.54) is 16.5 Å². The van der Waals surface area contributed by atoms with Crippen molar-refractivity contribution in [3.63, 3.8) is 0 Å². The van der Waals surface area contributed by atoms with Crippen LogP contribution in [0.1, 0.15) is 24.2 Å². The molecule has 0 radical (unpaired) electrons. The number of fused-ring (bicyclic) bond motifs is 1. The molecular formula is C21H29IN4O2. The number of hydrogen-bond donors (Lipinski definition) is 3. The van der Waals surface area contributed by atoms with Gasteiger partial charge in [0.15, 0.2) is 5.96 Å². The first-order valence-electron chi connectivity index (χ1n) is 9.46. The third kappa shape index (κ3) is 6.87. The largest absolute Gasteiger partial charge is 0.467 e. The fourth-order valence-electron chi connectivity index (χ4n) is 2.99. The van der Waals surface area contributed by atoms with E-state index >= 15 is 0 Å². The van der Waals surface area contributed by atoms with Crippen LogP contribution in [0, 0.1) is 0 Å². The first-order chi connectivity index (χ1) is 13.4. The second-order valence-corrected chi connectivity index (χ2v) is 6.37. The predicted molar refractivity (Wildman–Crippen MR) is 124 cm³/mol. The van der Waals surface area contributed by atoms with Gasteiger partial charge in [0.05, 0.1) is 6.26 Å². The van der Waals surface area contributed by atoms with E-state index < -0.39 is 0 Å². The van der Waals surface area contributed by atoms with Gasteiger partial charge >= 0.3 is 0 Å². The van der Waals surface area contributed by atoms with Crippen LogP contribution in [0.25, 0.3) is 10.9 Å². The van der Waals surface area contributed by atoms with Crippen LogP contribution in [0.15, 0.2) is 58.3 Å². The lowest BCUT2D eigenvalue weighted by molar-refractivity contribution is 0.105. The van der Waals surface area contributed by atoms with E-state index in [2.05, 4.69) is 51.1 Å². The summed E-state index contributed by atoms with van der Waals surface area (Å²) in [5, 5.41) is 8.00. The van der Waals surface area contributed by atoms with E-state index in [9.17, 15) is 0 Å². The molecule has 2 aromatic heterocycles. The van der Waals surface area contributed by atoms with Crippen molar-refractivity contribution in [3.8, 4) is 0 Å². The summed E-state index contributed by atoms with van der Waals surface area (Å²) in [4.78, 5) is 7.59. The lowest BCUT2D eigenvalue weighted by Gasteiger charge is -2.11. The second kappa shape index (κ2) is 12.5. The summed E-state index contributed by atoms with van der Waals surface area (Å²) >= 11 is 0. The molecule has 0 saturated carbocycles. The van der Waals surface area contributed by atoms with Gasteiger partial charge in [-0.05, 0) is 43.0 Å². The monoisotopic (exact) mass is 496 g/mol. The molecule has 152 valence electrons. The Morgan fingerprint density at radius 1 is 1.11 bits per heavy atom. The van der Waals surface area contributed by atoms with Gasteiger partial charge in [0.25, 0.3) is 0 Å². The number of para-hydroxylation sites is 1. The van der Waals surface area contributed by atoms with Gasteiger partial charge in [-0.25, -0.2) is 0 Å². The molecule has 2 heterocycles. The molecule has 0 bridgehead atoms. The summed E-state index contributed by atoms with van der Waals surface area (Å²) in [6, 6.07) is 12.2. The third-order valence-electron chi connectivity index (χ3n) is 4.40. The number of rotatable bonds is 10. The molecule has 0 aliphatic heterocycles. The van der Waals surface area contributed by atoms with E-state index in [1.54, 1.807) is 13.3 Å². The molecule has 28 heavy (non-hydrogen) atoms. The van der Waals surface area contributed by atoms with Crippen molar-refractivity contribution in [2.24, 2.45) is 4.99 Å². The number of aromatic amines is 1. The number of aliphatic imine (C=N–C) groups is 1. The topological polar surface area (TPSA) is 74.6 Å². The summed E-state index contributed by atoms with van der Waals surface area (Å²) in [6.07, 6.45) is 6.77. The van der Waals surface area contributed by atoms with Crippen LogP contribution in [0.3, 0.4) is 0 Å². The Labute approximate surface area is 183 Å². The van der Waals surface area contributed by atoms with Gasteiger partial charge < -0.3 is 24.8 Å². The van der Waals surface area contributed by atoms with Crippen LogP contribution in [0.4, 0.5) is 0 Å². The zero-order chi connectivity index (χ0) is 18.7. The predicted octanol–water partition coefficient (Wildman–Crippen LogP) is 4.08. The van der Waals surface area contributed by atoms with Crippen LogP contribution in [0.2, 0.25) is 0 Å². The molecule has 0 aliphatic rings. The highest BCUT2D eigenvalue weighted by Gasteiger charge is 2.03.